The van der Waals surface area contributed by atoms with Crippen LogP contribution in [0.1, 0.15) is 12.5 Å². The van der Waals surface area contributed by atoms with Gasteiger partial charge in [0.1, 0.15) is 12.4 Å². The van der Waals surface area contributed by atoms with Gasteiger partial charge in [0.05, 0.1) is 4.47 Å². The number of allylic oxidation sites excluding steroid dienone is 1. The smallest absolute Gasteiger partial charge is 0.137 e. The number of hydrogen-bond acceptors (Lipinski definition) is 2. The predicted octanol–water partition coefficient (Wildman–Crippen LogP) is 2.91. The maximum atomic E-state index is 5.67. The van der Waals surface area contributed by atoms with Gasteiger partial charge >= 0.3 is 0 Å². The van der Waals surface area contributed by atoms with Gasteiger partial charge in [0.2, 0.25) is 0 Å². The van der Waals surface area contributed by atoms with Crippen molar-refractivity contribution in [2.75, 3.05) is 13.2 Å². The van der Waals surface area contributed by atoms with Crippen molar-refractivity contribution in [1.82, 2.24) is 0 Å². The number of halogens is 1. The predicted molar refractivity (Wildman–Crippen MR) is 67.2 cm³/mol. The van der Waals surface area contributed by atoms with Crippen LogP contribution in [-0.4, -0.2) is 13.2 Å². The van der Waals surface area contributed by atoms with Crippen LogP contribution in [0.4, 0.5) is 0 Å². The van der Waals surface area contributed by atoms with Gasteiger partial charge in [0.15, 0.2) is 0 Å². The lowest BCUT2D eigenvalue weighted by molar-refractivity contribution is 0.356. The molecule has 0 aliphatic carbocycles. The van der Waals surface area contributed by atoms with Crippen LogP contribution in [0.3, 0.4) is 0 Å². The first-order valence-corrected chi connectivity index (χ1v) is 5.80. The highest BCUT2D eigenvalue weighted by molar-refractivity contribution is 9.10. The van der Waals surface area contributed by atoms with Crippen LogP contribution in [0.2, 0.25) is 0 Å². The number of para-hydroxylation sites is 1. The van der Waals surface area contributed by atoms with E-state index in [1.807, 2.05) is 37.3 Å². The molecular weight excluding hydrogens is 254 g/mol. The van der Waals surface area contributed by atoms with Gasteiger partial charge in [-0.1, -0.05) is 24.3 Å². The molecule has 1 rings (SSSR count). The summed E-state index contributed by atoms with van der Waals surface area (Å²) in [6.45, 7) is 3.21. The van der Waals surface area contributed by atoms with E-state index in [1.165, 1.54) is 0 Å². The van der Waals surface area contributed by atoms with Crippen molar-refractivity contribution in [1.29, 1.82) is 0 Å². The molecule has 0 unspecified atom stereocenters. The number of benzene rings is 1. The molecule has 0 aliphatic rings. The largest absolute Gasteiger partial charge is 0.488 e. The molecule has 82 valence electrons. The molecule has 2 N–H and O–H groups in total. The van der Waals surface area contributed by atoms with Crippen LogP contribution in [-0.2, 0) is 6.42 Å². The fourth-order valence-electron chi connectivity index (χ4n) is 1.30. The van der Waals surface area contributed by atoms with E-state index in [0.29, 0.717) is 13.2 Å². The van der Waals surface area contributed by atoms with Crippen LogP contribution in [0.15, 0.2) is 34.8 Å². The Labute approximate surface area is 99.3 Å². The van der Waals surface area contributed by atoms with Gasteiger partial charge < -0.3 is 10.5 Å². The van der Waals surface area contributed by atoms with Gasteiger partial charge in [-0.2, -0.15) is 0 Å². The van der Waals surface area contributed by atoms with Crippen molar-refractivity contribution in [3.63, 3.8) is 0 Å². The van der Waals surface area contributed by atoms with Crippen LogP contribution in [0.25, 0.3) is 0 Å². The second-order valence-corrected chi connectivity index (χ2v) is 4.00. The summed E-state index contributed by atoms with van der Waals surface area (Å²) in [5.74, 6) is 0.904. The van der Waals surface area contributed by atoms with Gasteiger partial charge in [0.25, 0.3) is 0 Å². The molecule has 0 spiro atoms. The summed E-state index contributed by atoms with van der Waals surface area (Å²) in [7, 11) is 0. The standard InChI is InChI=1S/C12H16BrNO/c1-2-3-9-15-12-10(7-8-14)5-4-6-11(12)13/h2-6H,7-9,14H2,1H3. The average Bonchev–Trinajstić information content (AvgIpc) is 2.23. The Morgan fingerprint density at radius 3 is 2.93 bits per heavy atom. The molecule has 1 aromatic rings. The van der Waals surface area contributed by atoms with Crippen molar-refractivity contribution < 1.29 is 4.74 Å². The van der Waals surface area contributed by atoms with Crippen molar-refractivity contribution in [3.05, 3.63) is 40.4 Å². The summed E-state index contributed by atoms with van der Waals surface area (Å²) in [5.41, 5.74) is 6.70. The molecule has 3 heteroatoms. The van der Waals surface area contributed by atoms with Crippen molar-refractivity contribution in [2.24, 2.45) is 5.73 Å². The quantitative estimate of drug-likeness (QED) is 0.835. The zero-order valence-corrected chi connectivity index (χ0v) is 10.5. The molecule has 0 radical (unpaired) electrons. The van der Waals surface area contributed by atoms with Crippen LogP contribution in [0, 0.1) is 0 Å². The molecule has 0 bridgehead atoms. The molecule has 0 aromatic heterocycles. The first-order valence-electron chi connectivity index (χ1n) is 5.01. The molecule has 0 aliphatic heterocycles. The highest BCUT2D eigenvalue weighted by Crippen LogP contribution is 2.29. The van der Waals surface area contributed by atoms with E-state index < -0.39 is 0 Å². The van der Waals surface area contributed by atoms with Gasteiger partial charge in [-0.05, 0) is 47.4 Å². The van der Waals surface area contributed by atoms with Crippen LogP contribution >= 0.6 is 15.9 Å². The minimum atomic E-state index is 0.594. The fourth-order valence-corrected chi connectivity index (χ4v) is 1.82. The number of hydrogen-bond donors (Lipinski definition) is 1. The van der Waals surface area contributed by atoms with E-state index >= 15 is 0 Å². The Bertz CT molecular complexity index is 336. The summed E-state index contributed by atoms with van der Waals surface area (Å²) in [4.78, 5) is 0. The number of rotatable bonds is 5. The van der Waals surface area contributed by atoms with Gasteiger partial charge in [0, 0.05) is 0 Å². The lowest BCUT2D eigenvalue weighted by atomic mass is 10.1. The Morgan fingerprint density at radius 1 is 1.47 bits per heavy atom. The topological polar surface area (TPSA) is 35.2 Å². The summed E-state index contributed by atoms with van der Waals surface area (Å²) < 4.78 is 6.66. The van der Waals surface area contributed by atoms with Crippen molar-refractivity contribution in [3.8, 4) is 5.75 Å². The van der Waals surface area contributed by atoms with Crippen LogP contribution < -0.4 is 10.5 Å². The van der Waals surface area contributed by atoms with Crippen molar-refractivity contribution >= 4 is 15.9 Å². The zero-order chi connectivity index (χ0) is 11.1. The molecule has 2 nitrogen and oxygen atoms in total. The Balaban J connectivity index is 2.81. The lowest BCUT2D eigenvalue weighted by Crippen LogP contribution is -2.05. The summed E-state index contributed by atoms with van der Waals surface area (Å²) >= 11 is 3.48. The minimum Gasteiger partial charge on any atom is -0.488 e. The normalized spacial score (nSPS) is 10.9. The average molecular weight is 270 g/mol. The van der Waals surface area contributed by atoms with E-state index in [2.05, 4.69) is 15.9 Å². The van der Waals surface area contributed by atoms with Gasteiger partial charge in [-0.25, -0.2) is 0 Å². The molecule has 0 atom stereocenters. The van der Waals surface area contributed by atoms with E-state index in [4.69, 9.17) is 10.5 Å². The third-order valence-corrected chi connectivity index (χ3v) is 2.65. The lowest BCUT2D eigenvalue weighted by Gasteiger charge is -2.11. The third-order valence-electron chi connectivity index (χ3n) is 2.02. The highest BCUT2D eigenvalue weighted by Gasteiger charge is 2.06. The number of ether oxygens (including phenoxy) is 1. The fraction of sp³-hybridized carbons (Fsp3) is 0.333. The summed E-state index contributed by atoms with van der Waals surface area (Å²) in [5, 5.41) is 0. The molecular formula is C12H16BrNO. The van der Waals surface area contributed by atoms with E-state index in [0.717, 1.165) is 22.2 Å². The van der Waals surface area contributed by atoms with E-state index in [-0.39, 0.29) is 0 Å². The number of nitrogens with two attached hydrogens (primary N) is 1. The molecule has 0 saturated carbocycles. The second-order valence-electron chi connectivity index (χ2n) is 3.15. The highest BCUT2D eigenvalue weighted by atomic mass is 79.9. The molecule has 0 fully saturated rings. The van der Waals surface area contributed by atoms with E-state index in [1.54, 1.807) is 0 Å². The van der Waals surface area contributed by atoms with Gasteiger partial charge in [-0.15, -0.1) is 0 Å². The maximum absolute atomic E-state index is 5.67. The Hall–Kier alpha value is -0.800. The van der Waals surface area contributed by atoms with E-state index in [9.17, 15) is 0 Å². The molecule has 15 heavy (non-hydrogen) atoms. The monoisotopic (exact) mass is 269 g/mol. The molecule has 0 amide bonds. The van der Waals surface area contributed by atoms with Gasteiger partial charge in [-0.3, -0.25) is 0 Å². The van der Waals surface area contributed by atoms with Crippen molar-refractivity contribution in [2.45, 2.75) is 13.3 Å². The second kappa shape index (κ2) is 6.64. The van der Waals surface area contributed by atoms with Crippen LogP contribution in [0.5, 0.6) is 5.75 Å². The Kier molecular flexibility index (Phi) is 5.43. The maximum Gasteiger partial charge on any atom is 0.137 e. The first-order chi connectivity index (χ1) is 7.29. The molecule has 1 aromatic carbocycles. The summed E-state index contributed by atoms with van der Waals surface area (Å²) in [6.07, 6.45) is 4.79. The molecule has 0 heterocycles. The minimum absolute atomic E-state index is 0.594. The zero-order valence-electron chi connectivity index (χ0n) is 8.87. The first kappa shape index (κ1) is 12.3. The third kappa shape index (κ3) is 3.68. The summed E-state index contributed by atoms with van der Waals surface area (Å²) in [6, 6.07) is 6.02. The SMILES string of the molecule is CC=CCOc1c(Br)cccc1CCN. The molecule has 0 saturated heterocycles. The Morgan fingerprint density at radius 2 is 2.27 bits per heavy atom.